The van der Waals surface area contributed by atoms with Crippen LogP contribution in [0.4, 0.5) is 0 Å². The van der Waals surface area contributed by atoms with Gasteiger partial charge in [-0.25, -0.2) is 0 Å². The molecule has 0 aliphatic carbocycles. The second-order valence-electron chi connectivity index (χ2n) is 3.10. The predicted octanol–water partition coefficient (Wildman–Crippen LogP) is 1.84. The quantitative estimate of drug-likeness (QED) is 0.590. The second-order valence-corrected chi connectivity index (χ2v) is 3.10. The lowest BCUT2D eigenvalue weighted by atomic mass is 10.1. The number of esters is 1. The highest BCUT2D eigenvalue weighted by molar-refractivity contribution is 5.70. The maximum Gasteiger partial charge on any atom is 0.309 e. The Kier molecular flexibility index (Phi) is 4.57. The van der Waals surface area contributed by atoms with Gasteiger partial charge < -0.3 is 9.84 Å². The number of carbonyl (C=O) groups excluding carboxylic acids is 1. The molecule has 80 valence electrons. The molecular formula is C12H14O3. The van der Waals surface area contributed by atoms with Gasteiger partial charge in [0.25, 0.3) is 0 Å². The summed E-state index contributed by atoms with van der Waals surface area (Å²) in [6, 6.07) is 9.02. The highest BCUT2D eigenvalue weighted by Crippen LogP contribution is 2.16. The maximum atomic E-state index is 11.2. The van der Waals surface area contributed by atoms with Crippen molar-refractivity contribution in [2.45, 2.75) is 12.5 Å². The molecule has 0 spiro atoms. The summed E-state index contributed by atoms with van der Waals surface area (Å²) in [4.78, 5) is 11.2. The van der Waals surface area contributed by atoms with Crippen LogP contribution in [0, 0.1) is 0 Å². The fraction of sp³-hybridized carbons (Fsp3) is 0.250. The van der Waals surface area contributed by atoms with E-state index in [4.69, 9.17) is 4.74 Å². The van der Waals surface area contributed by atoms with Crippen molar-refractivity contribution in [3.8, 4) is 0 Å². The van der Waals surface area contributed by atoms with Crippen LogP contribution in [-0.4, -0.2) is 17.7 Å². The lowest BCUT2D eigenvalue weighted by Gasteiger charge is -2.09. The highest BCUT2D eigenvalue weighted by Gasteiger charge is 2.12. The van der Waals surface area contributed by atoms with Crippen molar-refractivity contribution in [2.75, 3.05) is 6.61 Å². The van der Waals surface area contributed by atoms with Crippen LogP contribution in [0.1, 0.15) is 18.1 Å². The van der Waals surface area contributed by atoms with Crippen LogP contribution in [-0.2, 0) is 9.53 Å². The molecule has 1 atom stereocenters. The predicted molar refractivity (Wildman–Crippen MR) is 57.2 cm³/mol. The smallest absolute Gasteiger partial charge is 0.309 e. The van der Waals surface area contributed by atoms with Gasteiger partial charge in [-0.05, 0) is 5.56 Å². The van der Waals surface area contributed by atoms with Crippen molar-refractivity contribution < 1.29 is 14.6 Å². The zero-order valence-corrected chi connectivity index (χ0v) is 8.43. The molecular weight excluding hydrogens is 192 g/mol. The Morgan fingerprint density at radius 3 is 2.73 bits per heavy atom. The van der Waals surface area contributed by atoms with Crippen LogP contribution in [0.3, 0.4) is 0 Å². The molecule has 0 saturated heterocycles. The molecule has 3 nitrogen and oxygen atoms in total. The SMILES string of the molecule is C=CCOC(=O)C[C@H](O)c1ccccc1. The van der Waals surface area contributed by atoms with E-state index in [1.165, 1.54) is 6.08 Å². The highest BCUT2D eigenvalue weighted by atomic mass is 16.5. The van der Waals surface area contributed by atoms with Crippen molar-refractivity contribution in [3.05, 3.63) is 48.6 Å². The van der Waals surface area contributed by atoms with Gasteiger partial charge in [-0.3, -0.25) is 4.79 Å². The van der Waals surface area contributed by atoms with Crippen molar-refractivity contribution in [2.24, 2.45) is 0 Å². The minimum absolute atomic E-state index is 0.0299. The number of aliphatic hydroxyl groups excluding tert-OH is 1. The van der Waals surface area contributed by atoms with Gasteiger partial charge in [-0.2, -0.15) is 0 Å². The van der Waals surface area contributed by atoms with Crippen LogP contribution >= 0.6 is 0 Å². The summed E-state index contributed by atoms with van der Waals surface area (Å²) in [5, 5.41) is 9.66. The molecule has 0 bridgehead atoms. The van der Waals surface area contributed by atoms with Crippen molar-refractivity contribution >= 4 is 5.97 Å². The minimum Gasteiger partial charge on any atom is -0.461 e. The molecule has 0 radical (unpaired) electrons. The van der Waals surface area contributed by atoms with Crippen LogP contribution in [0.25, 0.3) is 0 Å². The van der Waals surface area contributed by atoms with E-state index in [1.54, 1.807) is 12.1 Å². The van der Waals surface area contributed by atoms with Crippen LogP contribution in [0.5, 0.6) is 0 Å². The zero-order chi connectivity index (χ0) is 11.1. The number of benzene rings is 1. The molecule has 3 heteroatoms. The molecule has 0 amide bonds. The molecule has 1 aromatic rings. The third kappa shape index (κ3) is 3.95. The summed E-state index contributed by atoms with van der Waals surface area (Å²) < 4.78 is 4.77. The Bertz CT molecular complexity index is 319. The molecule has 0 heterocycles. The van der Waals surface area contributed by atoms with E-state index in [1.807, 2.05) is 18.2 Å². The van der Waals surface area contributed by atoms with Gasteiger partial charge >= 0.3 is 5.97 Å². The van der Waals surface area contributed by atoms with Gasteiger partial charge in [0, 0.05) is 0 Å². The Balaban J connectivity index is 2.45. The second kappa shape index (κ2) is 5.98. The van der Waals surface area contributed by atoms with E-state index in [0.29, 0.717) is 5.56 Å². The van der Waals surface area contributed by atoms with Gasteiger partial charge in [-0.1, -0.05) is 43.0 Å². The molecule has 1 aromatic carbocycles. The fourth-order valence-corrected chi connectivity index (χ4v) is 1.16. The molecule has 0 aliphatic rings. The third-order valence-corrected chi connectivity index (χ3v) is 1.91. The first-order valence-corrected chi connectivity index (χ1v) is 4.73. The monoisotopic (exact) mass is 206 g/mol. The number of aliphatic hydroxyl groups is 1. The largest absolute Gasteiger partial charge is 0.461 e. The van der Waals surface area contributed by atoms with Crippen LogP contribution in [0.15, 0.2) is 43.0 Å². The first-order valence-electron chi connectivity index (χ1n) is 4.73. The van der Waals surface area contributed by atoms with Crippen molar-refractivity contribution in [1.82, 2.24) is 0 Å². The molecule has 0 unspecified atom stereocenters. The van der Waals surface area contributed by atoms with Gasteiger partial charge in [0.05, 0.1) is 12.5 Å². The summed E-state index contributed by atoms with van der Waals surface area (Å²) in [7, 11) is 0. The fourth-order valence-electron chi connectivity index (χ4n) is 1.16. The van der Waals surface area contributed by atoms with Gasteiger partial charge in [0.15, 0.2) is 0 Å². The number of ether oxygens (including phenoxy) is 1. The van der Waals surface area contributed by atoms with Crippen molar-refractivity contribution in [1.29, 1.82) is 0 Å². The van der Waals surface area contributed by atoms with Crippen LogP contribution < -0.4 is 0 Å². The molecule has 1 N–H and O–H groups in total. The van der Waals surface area contributed by atoms with Crippen molar-refractivity contribution in [3.63, 3.8) is 0 Å². The number of hydrogen-bond acceptors (Lipinski definition) is 3. The molecule has 0 fully saturated rings. The van der Waals surface area contributed by atoms with Gasteiger partial charge in [-0.15, -0.1) is 0 Å². The zero-order valence-electron chi connectivity index (χ0n) is 8.43. The molecule has 0 aromatic heterocycles. The Morgan fingerprint density at radius 2 is 2.13 bits per heavy atom. The minimum atomic E-state index is -0.802. The molecule has 0 aliphatic heterocycles. The lowest BCUT2D eigenvalue weighted by molar-refractivity contribution is -0.144. The van der Waals surface area contributed by atoms with Gasteiger partial charge in [0.2, 0.25) is 0 Å². The third-order valence-electron chi connectivity index (χ3n) is 1.91. The first-order chi connectivity index (χ1) is 7.24. The summed E-state index contributed by atoms with van der Waals surface area (Å²) in [5.41, 5.74) is 0.716. The van der Waals surface area contributed by atoms with E-state index in [0.717, 1.165) is 0 Å². The Labute approximate surface area is 89.0 Å². The topological polar surface area (TPSA) is 46.5 Å². The summed E-state index contributed by atoms with van der Waals surface area (Å²) in [5.74, 6) is -0.425. The van der Waals surface area contributed by atoms with E-state index in [9.17, 15) is 9.90 Å². The van der Waals surface area contributed by atoms with Gasteiger partial charge in [0.1, 0.15) is 6.61 Å². The first kappa shape index (κ1) is 11.5. The van der Waals surface area contributed by atoms with E-state index in [-0.39, 0.29) is 13.0 Å². The maximum absolute atomic E-state index is 11.2. The summed E-state index contributed by atoms with van der Waals surface area (Å²) in [6.45, 7) is 3.61. The van der Waals surface area contributed by atoms with E-state index < -0.39 is 12.1 Å². The number of hydrogen-bond donors (Lipinski definition) is 1. The summed E-state index contributed by atoms with van der Waals surface area (Å²) >= 11 is 0. The van der Waals surface area contributed by atoms with Crippen LogP contribution in [0.2, 0.25) is 0 Å². The van der Waals surface area contributed by atoms with E-state index in [2.05, 4.69) is 6.58 Å². The summed E-state index contributed by atoms with van der Waals surface area (Å²) in [6.07, 6.45) is 0.661. The normalized spacial score (nSPS) is 11.8. The Morgan fingerprint density at radius 1 is 1.47 bits per heavy atom. The van der Waals surface area contributed by atoms with E-state index >= 15 is 0 Å². The average Bonchev–Trinajstić information content (AvgIpc) is 2.27. The molecule has 15 heavy (non-hydrogen) atoms. The Hall–Kier alpha value is -1.61. The standard InChI is InChI=1S/C12H14O3/c1-2-8-15-12(14)9-11(13)10-6-4-3-5-7-10/h2-7,11,13H,1,8-9H2/t11-/m0/s1. The average molecular weight is 206 g/mol. The molecule has 0 saturated carbocycles. The lowest BCUT2D eigenvalue weighted by Crippen LogP contribution is -2.10. The molecule has 1 rings (SSSR count). The number of rotatable bonds is 5. The number of carbonyl (C=O) groups is 1.